The van der Waals surface area contributed by atoms with Gasteiger partial charge in [-0.05, 0) is 17.5 Å². The maximum absolute atomic E-state index is 8.78. The number of nitrogen functional groups attached to an aromatic ring is 1. The van der Waals surface area contributed by atoms with E-state index in [2.05, 4.69) is 10.2 Å². The van der Waals surface area contributed by atoms with Crippen molar-refractivity contribution >= 4 is 5.82 Å². The molecule has 1 aromatic carbocycles. The van der Waals surface area contributed by atoms with Gasteiger partial charge in [0.25, 0.3) is 0 Å². The molecule has 0 radical (unpaired) electrons. The number of aromatic nitrogens is 2. The molecule has 2 rings (SSSR count). The van der Waals surface area contributed by atoms with Gasteiger partial charge in [0, 0.05) is 12.7 Å². The van der Waals surface area contributed by atoms with Gasteiger partial charge in [0.1, 0.15) is 5.82 Å². The Labute approximate surface area is 87.7 Å². The molecule has 0 unspecified atom stereocenters. The number of hydrogen-bond acceptors (Lipinski definition) is 3. The van der Waals surface area contributed by atoms with Gasteiger partial charge >= 0.3 is 0 Å². The highest BCUT2D eigenvalue weighted by Crippen LogP contribution is 2.18. The van der Waals surface area contributed by atoms with E-state index in [0.29, 0.717) is 12.2 Å². The topological polar surface area (TPSA) is 74.9 Å². The summed E-state index contributed by atoms with van der Waals surface area (Å²) in [4.78, 5) is 0. The predicted molar refractivity (Wildman–Crippen MR) is 59.2 cm³/mol. The van der Waals surface area contributed by atoms with E-state index < -0.39 is 0 Å². The third kappa shape index (κ3) is 2.16. The Kier molecular flexibility index (Phi) is 2.69. The van der Waals surface area contributed by atoms with E-state index in [1.807, 2.05) is 24.3 Å². The zero-order chi connectivity index (χ0) is 10.7. The largest absolute Gasteiger partial charge is 0.396 e. The number of rotatable bonds is 3. The summed E-state index contributed by atoms with van der Waals surface area (Å²) < 4.78 is 0. The van der Waals surface area contributed by atoms with E-state index >= 15 is 0 Å². The number of H-pyrrole nitrogens is 1. The lowest BCUT2D eigenvalue weighted by Gasteiger charge is -2.00. The van der Waals surface area contributed by atoms with E-state index in [9.17, 15) is 0 Å². The molecular weight excluding hydrogens is 190 g/mol. The summed E-state index contributed by atoms with van der Waals surface area (Å²) in [6.07, 6.45) is 0.686. The van der Waals surface area contributed by atoms with Gasteiger partial charge in [0.05, 0.1) is 5.69 Å². The van der Waals surface area contributed by atoms with Crippen molar-refractivity contribution in [1.29, 1.82) is 0 Å². The van der Waals surface area contributed by atoms with Crippen LogP contribution in [0.4, 0.5) is 5.82 Å². The molecule has 4 N–H and O–H groups in total. The first-order valence-corrected chi connectivity index (χ1v) is 4.80. The van der Waals surface area contributed by atoms with Crippen LogP contribution in [-0.2, 0) is 6.42 Å². The Morgan fingerprint density at radius 1 is 1.27 bits per heavy atom. The minimum absolute atomic E-state index is 0.177. The van der Waals surface area contributed by atoms with Gasteiger partial charge in [-0.3, -0.25) is 5.10 Å². The highest BCUT2D eigenvalue weighted by atomic mass is 16.2. The average molecular weight is 203 g/mol. The normalized spacial score (nSPS) is 10.5. The number of aliphatic hydroxyl groups excluding tert-OH is 1. The fourth-order valence-electron chi connectivity index (χ4n) is 1.47. The van der Waals surface area contributed by atoms with Crippen molar-refractivity contribution in [2.75, 3.05) is 12.3 Å². The molecule has 1 heterocycles. The number of nitrogens with one attached hydrogen (secondary N) is 1. The Balaban J connectivity index is 2.23. The van der Waals surface area contributed by atoms with Gasteiger partial charge in [-0.25, -0.2) is 0 Å². The van der Waals surface area contributed by atoms with Crippen LogP contribution in [0.25, 0.3) is 11.3 Å². The van der Waals surface area contributed by atoms with Crippen LogP contribution in [0.3, 0.4) is 0 Å². The third-order valence-corrected chi connectivity index (χ3v) is 2.26. The minimum Gasteiger partial charge on any atom is -0.396 e. The van der Waals surface area contributed by atoms with E-state index in [4.69, 9.17) is 10.8 Å². The molecule has 0 aliphatic heterocycles. The van der Waals surface area contributed by atoms with Crippen LogP contribution in [0.15, 0.2) is 30.3 Å². The SMILES string of the molecule is Nc1cc(-c2ccc(CCO)cc2)[nH]n1. The lowest BCUT2D eigenvalue weighted by molar-refractivity contribution is 0.299. The van der Waals surface area contributed by atoms with Crippen LogP contribution in [0.5, 0.6) is 0 Å². The van der Waals surface area contributed by atoms with E-state index in [1.54, 1.807) is 6.07 Å². The van der Waals surface area contributed by atoms with Gasteiger partial charge < -0.3 is 10.8 Å². The molecule has 0 saturated heterocycles. The first-order valence-electron chi connectivity index (χ1n) is 4.80. The second-order valence-corrected chi connectivity index (χ2v) is 3.38. The van der Waals surface area contributed by atoms with E-state index in [1.165, 1.54) is 0 Å². The fourth-order valence-corrected chi connectivity index (χ4v) is 1.47. The second-order valence-electron chi connectivity index (χ2n) is 3.38. The number of nitrogens with zero attached hydrogens (tertiary/aromatic N) is 1. The van der Waals surface area contributed by atoms with Crippen LogP contribution in [0.1, 0.15) is 5.56 Å². The van der Waals surface area contributed by atoms with E-state index in [-0.39, 0.29) is 6.61 Å². The van der Waals surface area contributed by atoms with E-state index in [0.717, 1.165) is 16.8 Å². The number of benzene rings is 1. The Bertz CT molecular complexity index is 433. The van der Waals surface area contributed by atoms with Crippen molar-refractivity contribution in [2.24, 2.45) is 0 Å². The van der Waals surface area contributed by atoms with Crippen LogP contribution in [-0.4, -0.2) is 21.9 Å². The van der Waals surface area contributed by atoms with Gasteiger partial charge in [-0.15, -0.1) is 0 Å². The Morgan fingerprint density at radius 2 is 2.00 bits per heavy atom. The lowest BCUT2D eigenvalue weighted by Crippen LogP contribution is -1.89. The number of hydrogen-bond donors (Lipinski definition) is 3. The second kappa shape index (κ2) is 4.14. The first-order chi connectivity index (χ1) is 7.29. The summed E-state index contributed by atoms with van der Waals surface area (Å²) in [6.45, 7) is 0.177. The Morgan fingerprint density at radius 3 is 2.53 bits per heavy atom. The molecule has 15 heavy (non-hydrogen) atoms. The standard InChI is InChI=1S/C11H13N3O/c12-11-7-10(13-14-11)9-3-1-8(2-4-9)5-6-15/h1-4,7,15H,5-6H2,(H3,12,13,14). The monoisotopic (exact) mass is 203 g/mol. The number of nitrogens with two attached hydrogens (primary N) is 1. The Hall–Kier alpha value is -1.81. The molecule has 1 aromatic heterocycles. The van der Waals surface area contributed by atoms with Crippen LogP contribution in [0.2, 0.25) is 0 Å². The van der Waals surface area contributed by atoms with Gasteiger partial charge in [-0.2, -0.15) is 5.10 Å². The first kappa shape index (κ1) is 9.73. The number of aliphatic hydroxyl groups is 1. The molecule has 0 fully saturated rings. The number of anilines is 1. The molecule has 78 valence electrons. The average Bonchev–Trinajstić information content (AvgIpc) is 2.67. The van der Waals surface area contributed by atoms with Crippen LogP contribution in [0, 0.1) is 0 Å². The van der Waals surface area contributed by atoms with Crippen molar-refractivity contribution in [3.63, 3.8) is 0 Å². The molecule has 2 aromatic rings. The molecule has 0 spiro atoms. The van der Waals surface area contributed by atoms with Crippen molar-refractivity contribution < 1.29 is 5.11 Å². The molecule has 4 nitrogen and oxygen atoms in total. The van der Waals surface area contributed by atoms with Crippen molar-refractivity contribution in [3.8, 4) is 11.3 Å². The summed E-state index contributed by atoms with van der Waals surface area (Å²) >= 11 is 0. The van der Waals surface area contributed by atoms with Crippen LogP contribution >= 0.6 is 0 Å². The maximum Gasteiger partial charge on any atom is 0.145 e. The van der Waals surface area contributed by atoms with Crippen molar-refractivity contribution in [2.45, 2.75) is 6.42 Å². The quantitative estimate of drug-likeness (QED) is 0.701. The zero-order valence-electron chi connectivity index (χ0n) is 8.27. The number of aromatic amines is 1. The predicted octanol–water partition coefficient (Wildman–Crippen LogP) is 1.19. The lowest BCUT2D eigenvalue weighted by atomic mass is 10.1. The highest BCUT2D eigenvalue weighted by Gasteiger charge is 2.00. The summed E-state index contributed by atoms with van der Waals surface area (Å²) in [5.74, 6) is 0.490. The third-order valence-electron chi connectivity index (χ3n) is 2.26. The summed E-state index contributed by atoms with van der Waals surface area (Å²) in [5, 5.41) is 15.5. The maximum atomic E-state index is 8.78. The molecule has 0 aliphatic rings. The summed E-state index contributed by atoms with van der Waals surface area (Å²) in [6, 6.07) is 9.74. The van der Waals surface area contributed by atoms with Gasteiger partial charge in [0.2, 0.25) is 0 Å². The fraction of sp³-hybridized carbons (Fsp3) is 0.182. The van der Waals surface area contributed by atoms with Gasteiger partial charge in [-0.1, -0.05) is 24.3 Å². The van der Waals surface area contributed by atoms with Crippen molar-refractivity contribution in [1.82, 2.24) is 10.2 Å². The smallest absolute Gasteiger partial charge is 0.145 e. The van der Waals surface area contributed by atoms with Gasteiger partial charge in [0.15, 0.2) is 0 Å². The molecule has 0 atom stereocenters. The summed E-state index contributed by atoms with van der Waals surface area (Å²) in [5.41, 5.74) is 8.59. The zero-order valence-corrected chi connectivity index (χ0v) is 8.27. The van der Waals surface area contributed by atoms with Crippen molar-refractivity contribution in [3.05, 3.63) is 35.9 Å². The molecule has 0 saturated carbocycles. The van der Waals surface area contributed by atoms with Crippen LogP contribution < -0.4 is 5.73 Å². The molecule has 4 heteroatoms. The molecule has 0 aliphatic carbocycles. The minimum atomic E-state index is 0.177. The highest BCUT2D eigenvalue weighted by molar-refractivity contribution is 5.62. The molecule has 0 amide bonds. The molecule has 0 bridgehead atoms. The molecular formula is C11H13N3O. The summed E-state index contributed by atoms with van der Waals surface area (Å²) in [7, 11) is 0.